The van der Waals surface area contributed by atoms with E-state index >= 15 is 0 Å². The van der Waals surface area contributed by atoms with Crippen molar-refractivity contribution in [3.63, 3.8) is 0 Å². The molecule has 7 nitrogen and oxygen atoms in total. The Hall–Kier alpha value is -3.22. The van der Waals surface area contributed by atoms with Gasteiger partial charge in [-0.2, -0.15) is 0 Å². The van der Waals surface area contributed by atoms with Crippen LogP contribution >= 0.6 is 0 Å². The van der Waals surface area contributed by atoms with E-state index in [0.717, 1.165) is 11.1 Å². The number of nitrogens with one attached hydrogen (secondary N) is 1. The van der Waals surface area contributed by atoms with E-state index in [1.165, 1.54) is 10.9 Å². The Morgan fingerprint density at radius 2 is 2.00 bits per heavy atom. The third-order valence-electron chi connectivity index (χ3n) is 3.51. The zero-order valence-electron chi connectivity index (χ0n) is 12.7. The van der Waals surface area contributed by atoms with Crippen molar-refractivity contribution in [2.75, 3.05) is 5.32 Å². The van der Waals surface area contributed by atoms with Crippen molar-refractivity contribution in [1.82, 2.24) is 14.5 Å². The molecule has 2 heterocycles. The van der Waals surface area contributed by atoms with Gasteiger partial charge in [0.25, 0.3) is 11.8 Å². The van der Waals surface area contributed by atoms with Crippen LogP contribution in [0.1, 0.15) is 26.5 Å². The Labute approximate surface area is 132 Å². The van der Waals surface area contributed by atoms with Crippen molar-refractivity contribution in [2.45, 2.75) is 6.92 Å². The summed E-state index contributed by atoms with van der Waals surface area (Å²) in [5, 5.41) is 3.49. The van der Waals surface area contributed by atoms with Gasteiger partial charge in [-0.05, 0) is 19.1 Å². The molecule has 0 aliphatic carbocycles. The SMILES string of the molecule is Cc1ccc2cccc(C(=O)Nc3ncn(C)c3C(N)=O)c2n1. The van der Waals surface area contributed by atoms with Crippen LogP contribution < -0.4 is 11.1 Å². The molecule has 0 aliphatic heterocycles. The van der Waals surface area contributed by atoms with Crippen LogP contribution in [-0.4, -0.2) is 26.3 Å². The normalized spacial score (nSPS) is 10.7. The molecule has 0 atom stereocenters. The van der Waals surface area contributed by atoms with Gasteiger partial charge < -0.3 is 15.6 Å². The lowest BCUT2D eigenvalue weighted by molar-refractivity contribution is 0.0993. The number of nitrogens with zero attached hydrogens (tertiary/aromatic N) is 3. The van der Waals surface area contributed by atoms with Gasteiger partial charge in [0.05, 0.1) is 17.4 Å². The van der Waals surface area contributed by atoms with Crippen molar-refractivity contribution < 1.29 is 9.59 Å². The lowest BCUT2D eigenvalue weighted by atomic mass is 10.1. The predicted octanol–water partition coefficient (Wildman–Crippen LogP) is 1.63. The number of aromatic nitrogens is 3. The fraction of sp³-hybridized carbons (Fsp3) is 0.125. The van der Waals surface area contributed by atoms with E-state index in [1.54, 1.807) is 19.2 Å². The van der Waals surface area contributed by atoms with Crippen molar-refractivity contribution in [2.24, 2.45) is 12.8 Å². The first kappa shape index (κ1) is 14.7. The van der Waals surface area contributed by atoms with Gasteiger partial charge in [0.15, 0.2) is 11.5 Å². The first-order valence-electron chi connectivity index (χ1n) is 6.96. The number of nitrogens with two attached hydrogens (primary N) is 1. The van der Waals surface area contributed by atoms with E-state index < -0.39 is 11.8 Å². The molecular formula is C16H15N5O2. The van der Waals surface area contributed by atoms with Crippen LogP contribution in [0.15, 0.2) is 36.7 Å². The van der Waals surface area contributed by atoms with E-state index in [4.69, 9.17) is 5.73 Å². The Morgan fingerprint density at radius 1 is 1.22 bits per heavy atom. The molecule has 2 amide bonds. The summed E-state index contributed by atoms with van der Waals surface area (Å²) in [4.78, 5) is 32.5. The van der Waals surface area contributed by atoms with Gasteiger partial charge in [0, 0.05) is 18.1 Å². The lowest BCUT2D eigenvalue weighted by Crippen LogP contribution is -2.20. The summed E-state index contributed by atoms with van der Waals surface area (Å²) in [6, 6.07) is 9.13. The number of pyridine rings is 1. The third-order valence-corrected chi connectivity index (χ3v) is 3.51. The van der Waals surface area contributed by atoms with E-state index in [-0.39, 0.29) is 11.5 Å². The van der Waals surface area contributed by atoms with Crippen LogP contribution in [0, 0.1) is 6.92 Å². The van der Waals surface area contributed by atoms with E-state index in [2.05, 4.69) is 15.3 Å². The van der Waals surface area contributed by atoms with Crippen molar-refractivity contribution in [1.29, 1.82) is 0 Å². The average Bonchev–Trinajstić information content (AvgIpc) is 2.87. The van der Waals surface area contributed by atoms with E-state index in [9.17, 15) is 9.59 Å². The highest BCUT2D eigenvalue weighted by Gasteiger charge is 2.18. The predicted molar refractivity (Wildman–Crippen MR) is 86.2 cm³/mol. The zero-order valence-corrected chi connectivity index (χ0v) is 12.7. The smallest absolute Gasteiger partial charge is 0.269 e. The second kappa shape index (κ2) is 5.53. The minimum Gasteiger partial charge on any atom is -0.364 e. The largest absolute Gasteiger partial charge is 0.364 e. The van der Waals surface area contributed by atoms with Crippen LogP contribution in [0.2, 0.25) is 0 Å². The van der Waals surface area contributed by atoms with Gasteiger partial charge in [0.2, 0.25) is 0 Å². The Balaban J connectivity index is 2.02. The molecular weight excluding hydrogens is 294 g/mol. The fourth-order valence-corrected chi connectivity index (χ4v) is 2.41. The summed E-state index contributed by atoms with van der Waals surface area (Å²) in [6.07, 6.45) is 1.42. The van der Waals surface area contributed by atoms with Crippen LogP contribution in [0.25, 0.3) is 10.9 Å². The standard InChI is InChI=1S/C16H15N5O2/c1-9-6-7-10-4-3-5-11(12(10)19-9)16(23)20-15-13(14(17)22)21(2)8-18-15/h3-8H,1-2H3,(H2,17,22)(H,20,23). The number of hydrogen-bond donors (Lipinski definition) is 2. The quantitative estimate of drug-likeness (QED) is 0.767. The summed E-state index contributed by atoms with van der Waals surface area (Å²) < 4.78 is 1.46. The zero-order chi connectivity index (χ0) is 16.6. The highest BCUT2D eigenvalue weighted by atomic mass is 16.2. The fourth-order valence-electron chi connectivity index (χ4n) is 2.41. The summed E-state index contributed by atoms with van der Waals surface area (Å²) in [7, 11) is 1.63. The number of carbonyl (C=O) groups excluding carboxylic acids is 2. The number of imidazole rings is 1. The minimum atomic E-state index is -0.660. The Kier molecular flexibility index (Phi) is 3.53. The van der Waals surface area contributed by atoms with Crippen molar-refractivity contribution in [3.8, 4) is 0 Å². The molecule has 116 valence electrons. The molecule has 0 fully saturated rings. The number of rotatable bonds is 3. The average molecular weight is 309 g/mol. The monoisotopic (exact) mass is 309 g/mol. The number of primary amides is 1. The second-order valence-corrected chi connectivity index (χ2v) is 5.20. The van der Waals surface area contributed by atoms with Gasteiger partial charge in [-0.3, -0.25) is 14.6 Å². The molecule has 3 rings (SSSR count). The van der Waals surface area contributed by atoms with E-state index in [0.29, 0.717) is 11.1 Å². The van der Waals surface area contributed by atoms with Gasteiger partial charge in [-0.15, -0.1) is 0 Å². The molecule has 0 unspecified atom stereocenters. The molecule has 23 heavy (non-hydrogen) atoms. The van der Waals surface area contributed by atoms with Gasteiger partial charge in [0.1, 0.15) is 0 Å². The highest BCUT2D eigenvalue weighted by molar-refractivity contribution is 6.13. The topological polar surface area (TPSA) is 103 Å². The number of benzene rings is 1. The summed E-state index contributed by atoms with van der Waals surface area (Å²) in [6.45, 7) is 1.86. The Morgan fingerprint density at radius 3 is 2.74 bits per heavy atom. The van der Waals surface area contributed by atoms with Crippen LogP contribution in [0.5, 0.6) is 0 Å². The molecule has 0 saturated heterocycles. The lowest BCUT2D eigenvalue weighted by Gasteiger charge is -2.08. The van der Waals surface area contributed by atoms with Crippen molar-refractivity contribution >= 4 is 28.5 Å². The number of carbonyl (C=O) groups is 2. The molecule has 0 spiro atoms. The number of anilines is 1. The number of amides is 2. The maximum absolute atomic E-state index is 12.6. The van der Waals surface area contributed by atoms with Crippen LogP contribution in [0.4, 0.5) is 5.82 Å². The van der Waals surface area contributed by atoms with Crippen molar-refractivity contribution in [3.05, 3.63) is 53.6 Å². The molecule has 2 aromatic heterocycles. The number of hydrogen-bond acceptors (Lipinski definition) is 4. The molecule has 0 radical (unpaired) electrons. The van der Waals surface area contributed by atoms with Gasteiger partial charge in [-0.1, -0.05) is 18.2 Å². The van der Waals surface area contributed by atoms with Crippen LogP contribution in [0.3, 0.4) is 0 Å². The minimum absolute atomic E-state index is 0.134. The maximum Gasteiger partial charge on any atom is 0.269 e. The number of para-hydroxylation sites is 1. The molecule has 3 N–H and O–H groups in total. The van der Waals surface area contributed by atoms with Crippen LogP contribution in [-0.2, 0) is 7.05 Å². The molecule has 7 heteroatoms. The first-order valence-corrected chi connectivity index (χ1v) is 6.96. The highest BCUT2D eigenvalue weighted by Crippen LogP contribution is 2.19. The molecule has 0 bridgehead atoms. The number of fused-ring (bicyclic) bond motifs is 1. The summed E-state index contributed by atoms with van der Waals surface area (Å²) in [5.41, 5.74) is 7.28. The number of aryl methyl sites for hydroxylation is 2. The first-order chi connectivity index (χ1) is 11.0. The molecule has 0 saturated carbocycles. The summed E-state index contributed by atoms with van der Waals surface area (Å²) in [5.74, 6) is -0.920. The maximum atomic E-state index is 12.6. The van der Waals surface area contributed by atoms with Gasteiger partial charge >= 0.3 is 0 Å². The molecule has 3 aromatic rings. The third kappa shape index (κ3) is 2.64. The van der Waals surface area contributed by atoms with E-state index in [1.807, 2.05) is 25.1 Å². The summed E-state index contributed by atoms with van der Waals surface area (Å²) >= 11 is 0. The second-order valence-electron chi connectivity index (χ2n) is 5.20. The Bertz CT molecular complexity index is 929. The van der Waals surface area contributed by atoms with Gasteiger partial charge in [-0.25, -0.2) is 4.98 Å². The molecule has 0 aliphatic rings. The molecule has 1 aromatic carbocycles.